The number of rotatable bonds is 4. The van der Waals surface area contributed by atoms with Gasteiger partial charge in [-0.3, -0.25) is 0 Å². The molecule has 0 aliphatic heterocycles. The van der Waals surface area contributed by atoms with Crippen molar-refractivity contribution in [3.05, 3.63) is 23.8 Å². The van der Waals surface area contributed by atoms with Crippen LogP contribution < -0.4 is 11.1 Å². The van der Waals surface area contributed by atoms with Crippen molar-refractivity contribution < 1.29 is 0 Å². The van der Waals surface area contributed by atoms with Crippen molar-refractivity contribution in [3.63, 3.8) is 0 Å². The van der Waals surface area contributed by atoms with Gasteiger partial charge in [0, 0.05) is 17.1 Å². The quantitative estimate of drug-likeness (QED) is 0.572. The second kappa shape index (κ2) is 5.14. The lowest BCUT2D eigenvalue weighted by Crippen LogP contribution is -2.06. The average molecular weight is 196 g/mol. The maximum absolute atomic E-state index is 5.72. The monoisotopic (exact) mass is 196 g/mol. The maximum Gasteiger partial charge on any atom is 0.0318 e. The number of nitrogens with one attached hydrogen (secondary N) is 1. The number of thioether (sulfide) groups is 1. The number of anilines is 1. The van der Waals surface area contributed by atoms with Crippen LogP contribution in [0.1, 0.15) is 12.5 Å². The van der Waals surface area contributed by atoms with Crippen LogP contribution in [0.25, 0.3) is 0 Å². The Bertz CT molecular complexity index is 274. The lowest BCUT2D eigenvalue weighted by molar-refractivity contribution is 0.804. The molecule has 3 heteroatoms. The van der Waals surface area contributed by atoms with E-state index in [0.717, 1.165) is 18.0 Å². The minimum atomic E-state index is 0.839. The van der Waals surface area contributed by atoms with Crippen molar-refractivity contribution in [2.45, 2.75) is 18.4 Å². The summed E-state index contributed by atoms with van der Waals surface area (Å²) in [5.41, 5.74) is 7.84. The first-order valence-corrected chi connectivity index (χ1v) is 5.42. The van der Waals surface area contributed by atoms with Gasteiger partial charge in [0.2, 0.25) is 0 Å². The van der Waals surface area contributed by atoms with Crippen LogP contribution in [0.15, 0.2) is 23.1 Å². The Kier molecular flexibility index (Phi) is 4.12. The van der Waals surface area contributed by atoms with Gasteiger partial charge in [-0.05, 0) is 36.6 Å². The Morgan fingerprint density at radius 3 is 2.85 bits per heavy atom. The number of nitrogens with two attached hydrogens (primary N) is 1. The number of nitrogen functional groups attached to an aromatic ring is 1. The van der Waals surface area contributed by atoms with Crippen molar-refractivity contribution in [1.29, 1.82) is 0 Å². The largest absolute Gasteiger partial charge is 0.399 e. The second-order valence-corrected chi connectivity index (χ2v) is 4.14. The van der Waals surface area contributed by atoms with Gasteiger partial charge < -0.3 is 11.1 Å². The molecule has 0 spiro atoms. The predicted octanol–water partition coefficient (Wildman–Crippen LogP) is 2.10. The second-order valence-electron chi connectivity index (χ2n) is 2.83. The Labute approximate surface area is 83.9 Å². The minimum Gasteiger partial charge on any atom is -0.399 e. The molecule has 1 aromatic carbocycles. The van der Waals surface area contributed by atoms with Crippen LogP contribution in [0.4, 0.5) is 5.69 Å². The van der Waals surface area contributed by atoms with Crippen LogP contribution >= 0.6 is 11.8 Å². The molecule has 2 nitrogen and oxygen atoms in total. The summed E-state index contributed by atoms with van der Waals surface area (Å²) in [7, 11) is 1.95. The SMILES string of the molecule is CCSc1ccc(N)cc1CNC. The van der Waals surface area contributed by atoms with E-state index in [1.54, 1.807) is 0 Å². The number of hydrogen-bond acceptors (Lipinski definition) is 3. The molecule has 72 valence electrons. The van der Waals surface area contributed by atoms with Gasteiger partial charge in [-0.1, -0.05) is 6.92 Å². The first-order chi connectivity index (χ1) is 6.27. The summed E-state index contributed by atoms with van der Waals surface area (Å²) in [5, 5.41) is 3.14. The van der Waals surface area contributed by atoms with E-state index in [1.807, 2.05) is 30.9 Å². The van der Waals surface area contributed by atoms with Gasteiger partial charge in [0.15, 0.2) is 0 Å². The fourth-order valence-electron chi connectivity index (χ4n) is 1.22. The van der Waals surface area contributed by atoms with E-state index >= 15 is 0 Å². The Morgan fingerprint density at radius 2 is 2.23 bits per heavy atom. The highest BCUT2D eigenvalue weighted by molar-refractivity contribution is 7.99. The van der Waals surface area contributed by atoms with Gasteiger partial charge >= 0.3 is 0 Å². The van der Waals surface area contributed by atoms with Crippen LogP contribution in [0.3, 0.4) is 0 Å². The van der Waals surface area contributed by atoms with Gasteiger partial charge in [0.05, 0.1) is 0 Å². The third-order valence-corrected chi connectivity index (χ3v) is 2.75. The number of hydrogen-bond donors (Lipinski definition) is 2. The van der Waals surface area contributed by atoms with E-state index in [9.17, 15) is 0 Å². The molecule has 3 N–H and O–H groups in total. The van der Waals surface area contributed by atoms with Crippen LogP contribution in [0.5, 0.6) is 0 Å². The molecule has 0 bridgehead atoms. The zero-order chi connectivity index (χ0) is 9.68. The molecule has 13 heavy (non-hydrogen) atoms. The van der Waals surface area contributed by atoms with E-state index in [4.69, 9.17) is 5.73 Å². The zero-order valence-electron chi connectivity index (χ0n) is 8.13. The molecular weight excluding hydrogens is 180 g/mol. The summed E-state index contributed by atoms with van der Waals surface area (Å²) in [5.74, 6) is 1.10. The molecule has 1 rings (SSSR count). The third kappa shape index (κ3) is 2.94. The molecule has 0 heterocycles. The van der Waals surface area contributed by atoms with Crippen LogP contribution in [-0.2, 0) is 6.54 Å². The molecule has 0 saturated heterocycles. The van der Waals surface area contributed by atoms with Gasteiger partial charge in [-0.15, -0.1) is 11.8 Å². The van der Waals surface area contributed by atoms with Crippen molar-refractivity contribution in [1.82, 2.24) is 5.32 Å². The van der Waals surface area contributed by atoms with Gasteiger partial charge in [0.25, 0.3) is 0 Å². The average Bonchev–Trinajstić information content (AvgIpc) is 2.10. The Hall–Kier alpha value is -0.670. The van der Waals surface area contributed by atoms with Crippen molar-refractivity contribution in [3.8, 4) is 0 Å². The van der Waals surface area contributed by atoms with Crippen LogP contribution in [0, 0.1) is 0 Å². The summed E-state index contributed by atoms with van der Waals surface area (Å²) in [6, 6.07) is 6.09. The Balaban J connectivity index is 2.89. The van der Waals surface area contributed by atoms with Crippen LogP contribution in [-0.4, -0.2) is 12.8 Å². The number of benzene rings is 1. The molecule has 0 atom stereocenters. The maximum atomic E-state index is 5.72. The van der Waals surface area contributed by atoms with Crippen molar-refractivity contribution >= 4 is 17.4 Å². The highest BCUT2D eigenvalue weighted by Crippen LogP contribution is 2.24. The van der Waals surface area contributed by atoms with Gasteiger partial charge in [0.1, 0.15) is 0 Å². The Morgan fingerprint density at radius 1 is 1.46 bits per heavy atom. The molecule has 0 unspecified atom stereocenters. The van der Waals surface area contributed by atoms with Gasteiger partial charge in [-0.2, -0.15) is 0 Å². The van der Waals surface area contributed by atoms with Gasteiger partial charge in [-0.25, -0.2) is 0 Å². The highest BCUT2D eigenvalue weighted by atomic mass is 32.2. The summed E-state index contributed by atoms with van der Waals surface area (Å²) in [4.78, 5) is 1.33. The lowest BCUT2D eigenvalue weighted by Gasteiger charge is -2.08. The molecule has 0 amide bonds. The standard InChI is InChI=1S/C10H16N2S/c1-3-13-10-5-4-9(11)6-8(10)7-12-2/h4-6,12H,3,7,11H2,1-2H3. The molecule has 0 radical (unpaired) electrons. The summed E-state index contributed by atoms with van der Waals surface area (Å²) in [6.45, 7) is 3.04. The zero-order valence-corrected chi connectivity index (χ0v) is 8.95. The molecule has 1 aromatic rings. The normalized spacial score (nSPS) is 10.3. The van der Waals surface area contributed by atoms with Crippen LogP contribution in [0.2, 0.25) is 0 Å². The summed E-state index contributed by atoms with van der Waals surface area (Å²) in [6.07, 6.45) is 0. The lowest BCUT2D eigenvalue weighted by atomic mass is 10.2. The highest BCUT2D eigenvalue weighted by Gasteiger charge is 2.01. The predicted molar refractivity (Wildman–Crippen MR) is 60.0 cm³/mol. The van der Waals surface area contributed by atoms with Crippen molar-refractivity contribution in [2.24, 2.45) is 0 Å². The molecule has 0 aliphatic rings. The van der Waals surface area contributed by atoms with E-state index < -0.39 is 0 Å². The molecule has 0 fully saturated rings. The van der Waals surface area contributed by atoms with Crippen molar-refractivity contribution in [2.75, 3.05) is 18.5 Å². The summed E-state index contributed by atoms with van der Waals surface area (Å²) >= 11 is 1.85. The molecular formula is C10H16N2S. The topological polar surface area (TPSA) is 38.0 Å². The van der Waals surface area contributed by atoms with E-state index in [1.165, 1.54) is 10.5 Å². The minimum absolute atomic E-state index is 0.839. The molecule has 0 saturated carbocycles. The molecule has 0 aromatic heterocycles. The van der Waals surface area contributed by atoms with E-state index in [-0.39, 0.29) is 0 Å². The third-order valence-electron chi connectivity index (χ3n) is 1.75. The summed E-state index contributed by atoms with van der Waals surface area (Å²) < 4.78 is 0. The smallest absolute Gasteiger partial charge is 0.0318 e. The molecule has 0 aliphatic carbocycles. The fraction of sp³-hybridized carbons (Fsp3) is 0.400. The van der Waals surface area contributed by atoms with E-state index in [2.05, 4.69) is 18.3 Å². The first-order valence-electron chi connectivity index (χ1n) is 4.43. The first kappa shape index (κ1) is 10.4. The van der Waals surface area contributed by atoms with E-state index in [0.29, 0.717) is 0 Å². The fourth-order valence-corrected chi connectivity index (χ4v) is 2.02.